The lowest BCUT2D eigenvalue weighted by atomic mass is 10.4. The van der Waals surface area contributed by atoms with Crippen LogP contribution in [0.5, 0.6) is 0 Å². The maximum Gasteiger partial charge on any atom is 0.0726 e. The van der Waals surface area contributed by atoms with Crippen molar-refractivity contribution in [1.82, 2.24) is 9.78 Å². The minimum absolute atomic E-state index is 0. The summed E-state index contributed by atoms with van der Waals surface area (Å²) >= 11 is 0. The number of rotatable bonds is 4. The van der Waals surface area contributed by atoms with Crippen molar-refractivity contribution in [3.05, 3.63) is 12.4 Å². The molecule has 0 radical (unpaired) electrons. The fourth-order valence-corrected chi connectivity index (χ4v) is 0.981. The minimum Gasteiger partial charge on any atom is -0.383 e. The molecule has 0 aromatic carbocycles. The van der Waals surface area contributed by atoms with Crippen LogP contribution in [0.25, 0.3) is 0 Å². The standard InChI is InChI=1S/C9H17N3.ClH/c1-4-5-10-9-6-11-12(7-9)8(2)3;/h6-8,10H,4-5H2,1-3H3;1H. The summed E-state index contributed by atoms with van der Waals surface area (Å²) in [6.45, 7) is 7.41. The predicted molar refractivity (Wildman–Crippen MR) is 58.6 cm³/mol. The van der Waals surface area contributed by atoms with Crippen molar-refractivity contribution >= 4 is 18.1 Å². The summed E-state index contributed by atoms with van der Waals surface area (Å²) in [4.78, 5) is 0. The molecule has 13 heavy (non-hydrogen) atoms. The maximum absolute atomic E-state index is 4.22. The third-order valence-corrected chi connectivity index (χ3v) is 1.71. The van der Waals surface area contributed by atoms with Crippen LogP contribution in [0.4, 0.5) is 5.69 Å². The van der Waals surface area contributed by atoms with Gasteiger partial charge in [0.25, 0.3) is 0 Å². The summed E-state index contributed by atoms with van der Waals surface area (Å²) < 4.78 is 1.96. The zero-order valence-electron chi connectivity index (χ0n) is 8.45. The van der Waals surface area contributed by atoms with Crippen LogP contribution in [0, 0.1) is 0 Å². The van der Waals surface area contributed by atoms with E-state index >= 15 is 0 Å². The summed E-state index contributed by atoms with van der Waals surface area (Å²) in [5.41, 5.74) is 1.12. The second-order valence-electron chi connectivity index (χ2n) is 3.23. The number of nitrogens with one attached hydrogen (secondary N) is 1. The molecule has 1 aromatic rings. The molecule has 1 aromatic heterocycles. The van der Waals surface area contributed by atoms with Crippen LogP contribution in [0.2, 0.25) is 0 Å². The van der Waals surface area contributed by atoms with E-state index in [2.05, 4.69) is 31.2 Å². The summed E-state index contributed by atoms with van der Waals surface area (Å²) in [6.07, 6.45) is 5.06. The fourth-order valence-electron chi connectivity index (χ4n) is 0.981. The fraction of sp³-hybridized carbons (Fsp3) is 0.667. The van der Waals surface area contributed by atoms with Gasteiger partial charge in [0.1, 0.15) is 0 Å². The van der Waals surface area contributed by atoms with Gasteiger partial charge in [0.15, 0.2) is 0 Å². The van der Waals surface area contributed by atoms with Crippen molar-refractivity contribution in [2.75, 3.05) is 11.9 Å². The quantitative estimate of drug-likeness (QED) is 0.816. The highest BCUT2D eigenvalue weighted by molar-refractivity contribution is 5.85. The Morgan fingerprint density at radius 1 is 1.54 bits per heavy atom. The molecule has 0 aliphatic carbocycles. The van der Waals surface area contributed by atoms with Gasteiger partial charge in [0, 0.05) is 18.8 Å². The van der Waals surface area contributed by atoms with E-state index in [0.717, 1.165) is 18.7 Å². The zero-order valence-corrected chi connectivity index (χ0v) is 9.27. The van der Waals surface area contributed by atoms with Gasteiger partial charge in [-0.25, -0.2) is 0 Å². The Morgan fingerprint density at radius 3 is 2.69 bits per heavy atom. The molecular formula is C9H18ClN3. The van der Waals surface area contributed by atoms with Crippen molar-refractivity contribution in [3.8, 4) is 0 Å². The normalized spacial score (nSPS) is 9.85. The first-order chi connectivity index (χ1) is 5.74. The van der Waals surface area contributed by atoms with Gasteiger partial charge in [-0.05, 0) is 20.3 Å². The number of halogens is 1. The van der Waals surface area contributed by atoms with Crippen LogP contribution in [0.3, 0.4) is 0 Å². The van der Waals surface area contributed by atoms with Crippen molar-refractivity contribution < 1.29 is 0 Å². The van der Waals surface area contributed by atoms with Gasteiger partial charge in [0.05, 0.1) is 11.9 Å². The number of hydrogen-bond acceptors (Lipinski definition) is 2. The van der Waals surface area contributed by atoms with Gasteiger partial charge < -0.3 is 5.32 Å². The highest BCUT2D eigenvalue weighted by Gasteiger charge is 1.99. The third kappa shape index (κ3) is 3.68. The van der Waals surface area contributed by atoms with Crippen LogP contribution in [0.1, 0.15) is 33.2 Å². The SMILES string of the molecule is CCCNc1cnn(C(C)C)c1.Cl. The van der Waals surface area contributed by atoms with Crippen LogP contribution in [-0.4, -0.2) is 16.3 Å². The molecule has 3 nitrogen and oxygen atoms in total. The van der Waals surface area contributed by atoms with Crippen LogP contribution in [0.15, 0.2) is 12.4 Å². The maximum atomic E-state index is 4.22. The van der Waals surface area contributed by atoms with E-state index in [1.807, 2.05) is 17.1 Å². The Bertz CT molecular complexity index is 233. The summed E-state index contributed by atoms with van der Waals surface area (Å²) in [7, 11) is 0. The Labute approximate surface area is 85.9 Å². The second-order valence-corrected chi connectivity index (χ2v) is 3.23. The molecule has 0 saturated heterocycles. The van der Waals surface area contributed by atoms with E-state index in [0.29, 0.717) is 6.04 Å². The summed E-state index contributed by atoms with van der Waals surface area (Å²) in [5, 5.41) is 7.51. The zero-order chi connectivity index (χ0) is 8.97. The molecule has 4 heteroatoms. The van der Waals surface area contributed by atoms with Gasteiger partial charge >= 0.3 is 0 Å². The smallest absolute Gasteiger partial charge is 0.0726 e. The molecular weight excluding hydrogens is 186 g/mol. The lowest BCUT2D eigenvalue weighted by Gasteiger charge is -2.03. The van der Waals surface area contributed by atoms with Gasteiger partial charge in [-0.2, -0.15) is 5.10 Å². The molecule has 0 spiro atoms. The summed E-state index contributed by atoms with van der Waals surface area (Å²) in [6, 6.07) is 0.446. The van der Waals surface area contributed by atoms with E-state index in [4.69, 9.17) is 0 Å². The molecule has 1 N–H and O–H groups in total. The van der Waals surface area contributed by atoms with Crippen molar-refractivity contribution in [2.45, 2.75) is 33.2 Å². The number of aromatic nitrogens is 2. The largest absolute Gasteiger partial charge is 0.383 e. The first-order valence-corrected chi connectivity index (χ1v) is 4.52. The van der Waals surface area contributed by atoms with Crippen LogP contribution in [-0.2, 0) is 0 Å². The predicted octanol–water partition coefficient (Wildman–Crippen LogP) is 2.71. The molecule has 0 bridgehead atoms. The first-order valence-electron chi connectivity index (χ1n) is 4.52. The molecule has 76 valence electrons. The summed E-state index contributed by atoms with van der Waals surface area (Å²) in [5.74, 6) is 0. The van der Waals surface area contributed by atoms with Gasteiger partial charge in [0.2, 0.25) is 0 Å². The molecule has 0 unspecified atom stereocenters. The van der Waals surface area contributed by atoms with E-state index in [1.165, 1.54) is 0 Å². The van der Waals surface area contributed by atoms with Gasteiger partial charge in [-0.15, -0.1) is 12.4 Å². The number of anilines is 1. The molecule has 0 atom stereocenters. The highest BCUT2D eigenvalue weighted by Crippen LogP contribution is 2.09. The second kappa shape index (κ2) is 5.86. The van der Waals surface area contributed by atoms with E-state index in [-0.39, 0.29) is 12.4 Å². The first kappa shape index (κ1) is 12.3. The molecule has 0 amide bonds. The highest BCUT2D eigenvalue weighted by atomic mass is 35.5. The van der Waals surface area contributed by atoms with Gasteiger partial charge in [-0.3, -0.25) is 4.68 Å². The minimum atomic E-state index is 0. The van der Waals surface area contributed by atoms with Crippen LogP contribution < -0.4 is 5.32 Å². The molecule has 0 saturated carbocycles. The van der Waals surface area contributed by atoms with E-state index in [1.54, 1.807) is 0 Å². The van der Waals surface area contributed by atoms with Crippen LogP contribution >= 0.6 is 12.4 Å². The average Bonchev–Trinajstić information content (AvgIpc) is 2.48. The Kier molecular flexibility index (Phi) is 5.55. The van der Waals surface area contributed by atoms with Gasteiger partial charge in [-0.1, -0.05) is 6.92 Å². The Morgan fingerprint density at radius 2 is 2.23 bits per heavy atom. The Balaban J connectivity index is 0.00000144. The lowest BCUT2D eigenvalue weighted by molar-refractivity contribution is 0.532. The molecule has 1 rings (SSSR count). The monoisotopic (exact) mass is 203 g/mol. The van der Waals surface area contributed by atoms with Crippen molar-refractivity contribution in [1.29, 1.82) is 0 Å². The molecule has 0 aliphatic heterocycles. The van der Waals surface area contributed by atoms with Crippen molar-refractivity contribution in [3.63, 3.8) is 0 Å². The average molecular weight is 204 g/mol. The molecule has 1 heterocycles. The van der Waals surface area contributed by atoms with E-state index < -0.39 is 0 Å². The third-order valence-electron chi connectivity index (χ3n) is 1.71. The Hall–Kier alpha value is -0.700. The number of nitrogens with zero attached hydrogens (tertiary/aromatic N) is 2. The topological polar surface area (TPSA) is 29.9 Å². The van der Waals surface area contributed by atoms with E-state index in [9.17, 15) is 0 Å². The lowest BCUT2D eigenvalue weighted by Crippen LogP contribution is -2.01. The van der Waals surface area contributed by atoms with Crippen molar-refractivity contribution in [2.24, 2.45) is 0 Å². The molecule has 0 fully saturated rings. The number of hydrogen-bond donors (Lipinski definition) is 1. The molecule has 0 aliphatic rings.